The van der Waals surface area contributed by atoms with Crippen LogP contribution in [0.2, 0.25) is 0 Å². The van der Waals surface area contributed by atoms with Gasteiger partial charge in [-0.1, -0.05) is 61.3 Å². The van der Waals surface area contributed by atoms with Crippen molar-refractivity contribution in [1.29, 1.82) is 0 Å². The minimum atomic E-state index is -1.44. The number of hydrogen-bond acceptors (Lipinski definition) is 18. The summed E-state index contributed by atoms with van der Waals surface area (Å²) in [5.41, 5.74) is -1.53. The van der Waals surface area contributed by atoms with Gasteiger partial charge in [-0.15, -0.1) is 8.58 Å². The zero-order valence-electron chi connectivity index (χ0n) is 38.8. The van der Waals surface area contributed by atoms with Crippen LogP contribution in [0.25, 0.3) is 0 Å². The monoisotopic (exact) mass is 1120 g/mol. The van der Waals surface area contributed by atoms with Crippen LogP contribution < -0.4 is 0 Å². The lowest BCUT2D eigenvalue weighted by Gasteiger charge is -2.28. The maximum absolute atomic E-state index is 12.6. The van der Waals surface area contributed by atoms with E-state index in [1.54, 1.807) is 34.6 Å². The van der Waals surface area contributed by atoms with Crippen molar-refractivity contribution < 1.29 is 87.0 Å². The van der Waals surface area contributed by atoms with Crippen molar-refractivity contribution in [2.75, 3.05) is 111 Å². The number of halogens is 3. The summed E-state index contributed by atoms with van der Waals surface area (Å²) in [6.07, 6.45) is -1.72. The molecular formula is C41H74Br3O18P. The van der Waals surface area contributed by atoms with E-state index in [4.69, 9.17) is 58.0 Å². The van der Waals surface area contributed by atoms with Gasteiger partial charge in [-0.25, -0.2) is 4.79 Å². The van der Waals surface area contributed by atoms with Gasteiger partial charge in [-0.05, 0) is 68.7 Å². The molecule has 0 aromatic carbocycles. The molecule has 1 heterocycles. The van der Waals surface area contributed by atoms with Crippen LogP contribution in [-0.4, -0.2) is 188 Å². The summed E-state index contributed by atoms with van der Waals surface area (Å²) in [7, 11) is 1.08. The van der Waals surface area contributed by atoms with Gasteiger partial charge < -0.3 is 63.1 Å². The lowest BCUT2D eigenvalue weighted by atomic mass is 9.93. The second-order valence-electron chi connectivity index (χ2n) is 16.2. The summed E-state index contributed by atoms with van der Waals surface area (Å²) >= 11 is 9.64. The van der Waals surface area contributed by atoms with E-state index < -0.39 is 56.2 Å². The number of carbonyl (C=O) groups is 5. The summed E-state index contributed by atoms with van der Waals surface area (Å²) in [6, 6.07) is 0. The molecule has 0 aromatic rings. The number of hydrogen-bond donors (Lipinski definition) is 4. The van der Waals surface area contributed by atoms with E-state index in [1.165, 1.54) is 6.92 Å². The molecule has 0 aromatic heterocycles. The minimum Gasteiger partial charge on any atom is -0.465 e. The van der Waals surface area contributed by atoms with E-state index in [2.05, 4.69) is 67.7 Å². The smallest absolute Gasteiger partial charge is 0.333 e. The van der Waals surface area contributed by atoms with E-state index in [0.717, 1.165) is 8.58 Å². The van der Waals surface area contributed by atoms with Crippen LogP contribution in [0.5, 0.6) is 0 Å². The lowest BCUT2D eigenvalue weighted by Crippen LogP contribution is -2.43. The Balaban J connectivity index is -0.000000913. The average molecular weight is 1130 g/mol. The van der Waals surface area contributed by atoms with Gasteiger partial charge in [0.05, 0.1) is 71.5 Å². The molecule has 4 atom stereocenters. The van der Waals surface area contributed by atoms with E-state index in [0.29, 0.717) is 50.5 Å². The molecule has 1 aliphatic rings. The lowest BCUT2D eigenvalue weighted by molar-refractivity contribution is -0.172. The highest BCUT2D eigenvalue weighted by atomic mass is 79.9. The molecule has 0 saturated carbocycles. The minimum absolute atomic E-state index is 0.0126. The highest BCUT2D eigenvalue weighted by molar-refractivity contribution is 9.10. The first-order valence-electron chi connectivity index (χ1n) is 20.0. The molecule has 0 aliphatic carbocycles. The van der Waals surface area contributed by atoms with Gasteiger partial charge in [0.25, 0.3) is 0 Å². The van der Waals surface area contributed by atoms with Crippen LogP contribution in [0.4, 0.5) is 0 Å². The van der Waals surface area contributed by atoms with Crippen LogP contribution >= 0.6 is 56.4 Å². The van der Waals surface area contributed by atoms with Crippen molar-refractivity contribution in [2.45, 2.75) is 89.3 Å². The summed E-state index contributed by atoms with van der Waals surface area (Å²) in [5.74, 6) is -2.40. The van der Waals surface area contributed by atoms with Crippen molar-refractivity contribution in [3.05, 3.63) is 12.2 Å². The second kappa shape index (κ2) is 35.8. The molecule has 0 radical (unpaired) electrons. The van der Waals surface area contributed by atoms with Gasteiger partial charge >= 0.3 is 29.8 Å². The number of ether oxygens (including phenoxy) is 9. The third kappa shape index (κ3) is 36.4. The van der Waals surface area contributed by atoms with Crippen LogP contribution in [0, 0.1) is 16.7 Å². The third-order valence-electron chi connectivity index (χ3n) is 7.32. The summed E-state index contributed by atoms with van der Waals surface area (Å²) in [6.45, 7) is 23.7. The van der Waals surface area contributed by atoms with Crippen molar-refractivity contribution >= 4 is 86.2 Å². The first-order chi connectivity index (χ1) is 29.1. The molecular weight excluding hydrogens is 1050 g/mol. The summed E-state index contributed by atoms with van der Waals surface area (Å²) < 4.78 is 44.0. The molecule has 0 bridgehead atoms. The number of rotatable bonds is 28. The number of aliphatic hydroxyl groups is 4. The van der Waals surface area contributed by atoms with Crippen molar-refractivity contribution in [3.8, 4) is 0 Å². The normalized spacial score (nSPS) is 14.9. The molecule has 0 amide bonds. The molecule has 22 heteroatoms. The number of carbonyl (C=O) groups excluding carboxylic acids is 5. The van der Waals surface area contributed by atoms with E-state index in [-0.39, 0.29) is 70.2 Å². The zero-order chi connectivity index (χ0) is 49.5. The Labute approximate surface area is 400 Å². The molecule has 1 rings (SSSR count). The fourth-order valence-electron chi connectivity index (χ4n) is 3.24. The first kappa shape index (κ1) is 65.9. The largest absolute Gasteiger partial charge is 0.465 e. The topological polar surface area (TPSA) is 253 Å². The number of epoxide rings is 1. The predicted octanol–water partition coefficient (Wildman–Crippen LogP) is 3.74. The van der Waals surface area contributed by atoms with Gasteiger partial charge in [0.1, 0.15) is 58.8 Å². The Hall–Kier alpha value is -1.36. The van der Waals surface area contributed by atoms with Crippen LogP contribution in [-0.2, 0) is 66.6 Å². The Morgan fingerprint density at radius 1 is 0.698 bits per heavy atom. The summed E-state index contributed by atoms with van der Waals surface area (Å²) in [5, 5.41) is 36.1. The molecule has 63 heavy (non-hydrogen) atoms. The number of aliphatic hydroxyl groups excluding tert-OH is 4. The Morgan fingerprint density at radius 3 is 1.48 bits per heavy atom. The molecule has 1 aliphatic heterocycles. The van der Waals surface area contributed by atoms with Gasteiger partial charge in [0.15, 0.2) is 0 Å². The summed E-state index contributed by atoms with van der Waals surface area (Å²) in [4.78, 5) is 59.1. The highest BCUT2D eigenvalue weighted by Crippen LogP contribution is 2.26. The quantitative estimate of drug-likeness (QED) is 0.0166. The Kier molecular flexibility index (Phi) is 37.4. The fraction of sp³-hybridized carbons (Fsp3) is 0.829. The standard InChI is InChI=1S/C18H30Br2O9.C14H27BrO6.C7H10O3.C2H7P/c1-16(2,19)13(23)28-10-18(5,11-29-14(24)17(3,4)20)15(25)27-7-6-26-9-12(22)8-21;1-11(8-21-13(18)14(2,3)10-15)7-19-4-5-20-9-12(17)6-16;1-5(2)7(8)10-4-6-3-9-6;1-3-2/h12,21-22H,6-11H2,1-5H3;11-12,16-17H,4-10H2,1-3H3;6H,1,3-4H2,2H3;3H,1-2H3. The SMILES string of the molecule is C=C(C)C(=O)OCC1CO1.CC(C)(Br)C(=O)OCC(C)(COC(=O)C(C)(C)Br)C(=O)OCCOCC(O)CO.CC(COCCOCC(O)CO)COC(=O)C(C)(C)CBr.CPC. The molecule has 0 spiro atoms. The Bertz CT molecular complexity index is 1270. The predicted molar refractivity (Wildman–Crippen MR) is 249 cm³/mol. The molecule has 18 nitrogen and oxygen atoms in total. The first-order valence-corrected chi connectivity index (χ1v) is 24.8. The van der Waals surface area contributed by atoms with Gasteiger partial charge in [-0.2, -0.15) is 0 Å². The van der Waals surface area contributed by atoms with Gasteiger partial charge in [0, 0.05) is 16.8 Å². The maximum atomic E-state index is 12.6. The van der Waals surface area contributed by atoms with E-state index >= 15 is 0 Å². The Morgan fingerprint density at radius 2 is 1.11 bits per heavy atom. The van der Waals surface area contributed by atoms with Gasteiger partial charge in [0.2, 0.25) is 0 Å². The van der Waals surface area contributed by atoms with Crippen molar-refractivity contribution in [2.24, 2.45) is 16.7 Å². The average Bonchev–Trinajstić information content (AvgIpc) is 4.05. The zero-order valence-corrected chi connectivity index (χ0v) is 44.5. The number of esters is 5. The van der Waals surface area contributed by atoms with Crippen molar-refractivity contribution in [3.63, 3.8) is 0 Å². The van der Waals surface area contributed by atoms with Crippen LogP contribution in [0.1, 0.15) is 62.3 Å². The van der Waals surface area contributed by atoms with E-state index in [1.807, 2.05) is 20.8 Å². The second-order valence-corrected chi connectivity index (χ2v) is 21.8. The molecule has 1 saturated heterocycles. The molecule has 4 N–H and O–H groups in total. The van der Waals surface area contributed by atoms with Gasteiger partial charge in [-0.3, -0.25) is 19.2 Å². The molecule has 372 valence electrons. The fourth-order valence-corrected chi connectivity index (χ4v) is 3.70. The van der Waals surface area contributed by atoms with Crippen LogP contribution in [0.15, 0.2) is 12.2 Å². The van der Waals surface area contributed by atoms with Crippen LogP contribution in [0.3, 0.4) is 0 Å². The number of alkyl halides is 3. The molecule has 4 unspecified atom stereocenters. The highest BCUT2D eigenvalue weighted by Gasteiger charge is 2.41. The van der Waals surface area contributed by atoms with E-state index in [9.17, 15) is 29.1 Å². The third-order valence-corrected chi connectivity index (χ3v) is 9.37. The molecule has 1 fully saturated rings. The van der Waals surface area contributed by atoms with Crippen molar-refractivity contribution in [1.82, 2.24) is 0 Å². The maximum Gasteiger partial charge on any atom is 0.333 e.